The van der Waals surface area contributed by atoms with Crippen molar-refractivity contribution in [3.8, 4) is 23.0 Å². The summed E-state index contributed by atoms with van der Waals surface area (Å²) >= 11 is 5.94. The second-order valence-electron chi connectivity index (χ2n) is 5.04. The smallest absolute Gasteiger partial charge is 0.306 e. The Kier molecular flexibility index (Phi) is 4.96. The highest BCUT2D eigenvalue weighted by molar-refractivity contribution is 6.30. The largest absolute Gasteiger partial charge is 0.466 e. The topological polar surface area (TPSA) is 81.0 Å². The highest BCUT2D eigenvalue weighted by Crippen LogP contribution is 2.29. The van der Waals surface area contributed by atoms with E-state index in [2.05, 4.69) is 15.0 Å². The van der Waals surface area contributed by atoms with Gasteiger partial charge in [-0.15, -0.1) is 0 Å². The van der Waals surface area contributed by atoms with Crippen LogP contribution >= 0.6 is 11.6 Å². The van der Waals surface area contributed by atoms with Crippen molar-refractivity contribution >= 4 is 17.6 Å². The van der Waals surface area contributed by atoms with Crippen LogP contribution in [0.1, 0.15) is 19.1 Å². The minimum absolute atomic E-state index is 0.223. The van der Waals surface area contributed by atoms with Gasteiger partial charge < -0.3 is 14.1 Å². The number of carbonyl (C=O) groups is 1. The van der Waals surface area contributed by atoms with Crippen LogP contribution in [0.3, 0.4) is 0 Å². The summed E-state index contributed by atoms with van der Waals surface area (Å²) in [7, 11) is 0. The molecule has 24 heavy (non-hydrogen) atoms. The third-order valence-corrected chi connectivity index (χ3v) is 3.63. The molecule has 0 aliphatic carbocycles. The Morgan fingerprint density at radius 3 is 2.79 bits per heavy atom. The fraction of sp³-hybridized carbons (Fsp3) is 0.235. The van der Waals surface area contributed by atoms with Gasteiger partial charge in [0.05, 0.1) is 13.0 Å². The van der Waals surface area contributed by atoms with Crippen molar-refractivity contribution < 1.29 is 13.9 Å². The van der Waals surface area contributed by atoms with Gasteiger partial charge in [-0.1, -0.05) is 23.7 Å². The first kappa shape index (κ1) is 16.3. The number of nitrogens with one attached hydrogen (secondary N) is 1. The summed E-state index contributed by atoms with van der Waals surface area (Å²) in [6.45, 7) is 2.14. The maximum atomic E-state index is 11.6. The molecule has 0 aliphatic rings. The Hall–Kier alpha value is -2.60. The number of rotatable bonds is 6. The van der Waals surface area contributed by atoms with Gasteiger partial charge in [0.2, 0.25) is 0 Å². The van der Waals surface area contributed by atoms with E-state index in [4.69, 9.17) is 20.8 Å². The van der Waals surface area contributed by atoms with Crippen LogP contribution in [0.2, 0.25) is 5.02 Å². The number of nitrogens with zero attached hydrogens (tertiary/aromatic N) is 2. The number of ether oxygens (including phenoxy) is 1. The van der Waals surface area contributed by atoms with Gasteiger partial charge in [-0.3, -0.25) is 4.79 Å². The van der Waals surface area contributed by atoms with E-state index in [1.54, 1.807) is 31.5 Å². The number of hydrogen-bond donors (Lipinski definition) is 1. The zero-order valence-electron chi connectivity index (χ0n) is 13.1. The molecule has 0 bridgehead atoms. The summed E-state index contributed by atoms with van der Waals surface area (Å²) in [5.74, 6) is 1.25. The molecule has 1 aromatic carbocycles. The lowest BCUT2D eigenvalue weighted by Crippen LogP contribution is -2.05. The third-order valence-electron chi connectivity index (χ3n) is 3.38. The number of esters is 1. The quantitative estimate of drug-likeness (QED) is 0.685. The molecular formula is C17H16ClN3O3. The average molecular weight is 346 g/mol. The van der Waals surface area contributed by atoms with E-state index in [1.165, 1.54) is 0 Å². The van der Waals surface area contributed by atoms with Crippen LogP contribution in [0.5, 0.6) is 0 Å². The molecule has 0 amide bonds. The first-order chi connectivity index (χ1) is 11.7. The lowest BCUT2D eigenvalue weighted by atomic mass is 10.1. The molecule has 0 aliphatic heterocycles. The molecule has 1 N–H and O–H groups in total. The second kappa shape index (κ2) is 7.31. The Morgan fingerprint density at radius 1 is 1.33 bits per heavy atom. The molecule has 3 rings (SSSR count). The lowest BCUT2D eigenvalue weighted by molar-refractivity contribution is -0.143. The number of aromatic amines is 1. The normalized spacial score (nSPS) is 10.8. The Morgan fingerprint density at radius 2 is 2.12 bits per heavy atom. The maximum absolute atomic E-state index is 11.6. The SMILES string of the molecule is CCOC(=O)CCc1oc(-c2ncc[nH]2)nc1-c1ccc(Cl)cc1. The van der Waals surface area contributed by atoms with Gasteiger partial charge in [0.15, 0.2) is 5.82 Å². The first-order valence-corrected chi connectivity index (χ1v) is 7.96. The number of carbonyl (C=O) groups excluding carboxylic acids is 1. The van der Waals surface area contributed by atoms with Gasteiger partial charge in [-0.25, -0.2) is 9.97 Å². The van der Waals surface area contributed by atoms with Crippen LogP contribution in [0, 0.1) is 0 Å². The van der Waals surface area contributed by atoms with E-state index in [0.29, 0.717) is 41.2 Å². The molecule has 6 nitrogen and oxygen atoms in total. The van der Waals surface area contributed by atoms with E-state index in [-0.39, 0.29) is 12.4 Å². The standard InChI is InChI=1S/C17H16ClN3O3/c1-2-23-14(22)8-7-13-15(11-3-5-12(18)6-4-11)21-17(24-13)16-19-9-10-20-16/h3-6,9-10H,2,7-8H2,1H3,(H,19,20). The van der Waals surface area contributed by atoms with Gasteiger partial charge in [-0.05, 0) is 19.1 Å². The van der Waals surface area contributed by atoms with E-state index < -0.39 is 0 Å². The molecule has 2 heterocycles. The van der Waals surface area contributed by atoms with Gasteiger partial charge in [-0.2, -0.15) is 0 Å². The van der Waals surface area contributed by atoms with Gasteiger partial charge in [0, 0.05) is 29.4 Å². The van der Waals surface area contributed by atoms with Crippen molar-refractivity contribution in [3.05, 3.63) is 47.4 Å². The second-order valence-corrected chi connectivity index (χ2v) is 5.48. The molecule has 2 aromatic heterocycles. The molecule has 3 aromatic rings. The van der Waals surface area contributed by atoms with Gasteiger partial charge in [0.25, 0.3) is 5.89 Å². The number of oxazole rings is 1. The van der Waals surface area contributed by atoms with Gasteiger partial charge >= 0.3 is 5.97 Å². The Labute approximate surface area is 143 Å². The summed E-state index contributed by atoms with van der Waals surface area (Å²) in [5.41, 5.74) is 1.53. The first-order valence-electron chi connectivity index (χ1n) is 7.58. The van der Waals surface area contributed by atoms with E-state index in [1.807, 2.05) is 12.1 Å². The predicted octanol–water partition coefficient (Wildman–Crippen LogP) is 3.88. The van der Waals surface area contributed by atoms with Crippen molar-refractivity contribution in [2.45, 2.75) is 19.8 Å². The molecule has 0 saturated heterocycles. The average Bonchev–Trinajstić information content (AvgIpc) is 3.23. The van der Waals surface area contributed by atoms with Crippen LogP contribution in [-0.4, -0.2) is 27.5 Å². The fourth-order valence-electron chi connectivity index (χ4n) is 2.29. The molecule has 0 fully saturated rings. The molecule has 0 spiro atoms. The summed E-state index contributed by atoms with van der Waals surface area (Å²) in [5, 5.41) is 0.640. The van der Waals surface area contributed by atoms with Crippen molar-refractivity contribution in [3.63, 3.8) is 0 Å². The van der Waals surface area contributed by atoms with E-state index >= 15 is 0 Å². The van der Waals surface area contributed by atoms with Gasteiger partial charge in [0.1, 0.15) is 11.5 Å². The van der Waals surface area contributed by atoms with Crippen LogP contribution < -0.4 is 0 Å². The lowest BCUT2D eigenvalue weighted by Gasteiger charge is -2.02. The summed E-state index contributed by atoms with van der Waals surface area (Å²) < 4.78 is 10.8. The zero-order chi connectivity index (χ0) is 16.9. The molecule has 0 atom stereocenters. The van der Waals surface area contributed by atoms with E-state index in [9.17, 15) is 4.79 Å². The summed E-state index contributed by atoms with van der Waals surface area (Å²) in [6, 6.07) is 7.29. The number of imidazole rings is 1. The maximum Gasteiger partial charge on any atom is 0.306 e. The molecule has 7 heteroatoms. The summed E-state index contributed by atoms with van der Waals surface area (Å²) in [6.07, 6.45) is 3.94. The third kappa shape index (κ3) is 3.65. The Balaban J connectivity index is 1.92. The number of aromatic nitrogens is 3. The summed E-state index contributed by atoms with van der Waals surface area (Å²) in [4.78, 5) is 23.3. The number of hydrogen-bond acceptors (Lipinski definition) is 5. The van der Waals surface area contributed by atoms with Crippen LogP contribution in [-0.2, 0) is 16.0 Å². The molecule has 0 saturated carbocycles. The van der Waals surface area contributed by atoms with Crippen molar-refractivity contribution in [1.29, 1.82) is 0 Å². The highest BCUT2D eigenvalue weighted by Gasteiger charge is 2.18. The number of halogens is 1. The number of aryl methyl sites for hydroxylation is 1. The van der Waals surface area contributed by atoms with Crippen molar-refractivity contribution in [1.82, 2.24) is 15.0 Å². The van der Waals surface area contributed by atoms with Crippen molar-refractivity contribution in [2.75, 3.05) is 6.61 Å². The molecule has 0 unspecified atom stereocenters. The van der Waals surface area contributed by atoms with Crippen molar-refractivity contribution in [2.24, 2.45) is 0 Å². The highest BCUT2D eigenvalue weighted by atomic mass is 35.5. The molecular weight excluding hydrogens is 330 g/mol. The minimum atomic E-state index is -0.268. The monoisotopic (exact) mass is 345 g/mol. The van der Waals surface area contributed by atoms with E-state index in [0.717, 1.165) is 5.56 Å². The predicted molar refractivity (Wildman–Crippen MR) is 89.5 cm³/mol. The molecule has 0 radical (unpaired) electrons. The zero-order valence-corrected chi connectivity index (χ0v) is 13.8. The van der Waals surface area contributed by atoms with Crippen LogP contribution in [0.4, 0.5) is 0 Å². The number of H-pyrrole nitrogens is 1. The fourth-order valence-corrected chi connectivity index (χ4v) is 2.41. The number of benzene rings is 1. The minimum Gasteiger partial charge on any atom is -0.466 e. The Bertz CT molecular complexity index is 810. The van der Waals surface area contributed by atoms with Crippen LogP contribution in [0.25, 0.3) is 23.0 Å². The van der Waals surface area contributed by atoms with Crippen LogP contribution in [0.15, 0.2) is 41.1 Å². The molecule has 124 valence electrons.